The summed E-state index contributed by atoms with van der Waals surface area (Å²) in [4.78, 5) is 2.35. The average Bonchev–Trinajstić information content (AvgIpc) is 2.43. The molecule has 1 unspecified atom stereocenters. The third kappa shape index (κ3) is 4.77. The van der Waals surface area contributed by atoms with Crippen molar-refractivity contribution in [2.24, 2.45) is 5.92 Å². The molecule has 0 aromatic rings. The number of rotatable bonds is 5. The van der Waals surface area contributed by atoms with Crippen LogP contribution in [-0.4, -0.2) is 38.1 Å². The fourth-order valence-corrected chi connectivity index (χ4v) is 2.05. The monoisotopic (exact) mass is 196 g/mol. The molecular weight excluding hydrogens is 172 g/mol. The van der Waals surface area contributed by atoms with E-state index in [4.69, 9.17) is 0 Å². The molecule has 1 rings (SSSR count). The van der Waals surface area contributed by atoms with Gasteiger partial charge >= 0.3 is 0 Å². The van der Waals surface area contributed by atoms with Crippen molar-refractivity contribution in [3.63, 3.8) is 0 Å². The van der Waals surface area contributed by atoms with E-state index in [1.54, 1.807) is 0 Å². The van der Waals surface area contributed by atoms with Crippen molar-refractivity contribution in [3.05, 3.63) is 12.7 Å². The third-order valence-corrected chi connectivity index (χ3v) is 3.01. The topological polar surface area (TPSA) is 15.3 Å². The van der Waals surface area contributed by atoms with Gasteiger partial charge in [-0.05, 0) is 51.9 Å². The molecule has 1 aliphatic rings. The summed E-state index contributed by atoms with van der Waals surface area (Å²) in [6.07, 6.45) is 7.49. The Morgan fingerprint density at radius 1 is 1.50 bits per heavy atom. The molecule has 0 saturated carbocycles. The van der Waals surface area contributed by atoms with E-state index in [0.29, 0.717) is 0 Å². The minimum absolute atomic E-state index is 0.893. The van der Waals surface area contributed by atoms with E-state index in [2.05, 4.69) is 23.8 Å². The zero-order valence-corrected chi connectivity index (χ0v) is 9.47. The normalized spacial score (nSPS) is 23.4. The van der Waals surface area contributed by atoms with E-state index < -0.39 is 0 Å². The highest BCUT2D eigenvalue weighted by atomic mass is 15.1. The Hall–Kier alpha value is -0.340. The quantitative estimate of drug-likeness (QED) is 0.675. The van der Waals surface area contributed by atoms with Gasteiger partial charge in [0, 0.05) is 6.54 Å². The van der Waals surface area contributed by atoms with E-state index in [0.717, 1.165) is 12.5 Å². The van der Waals surface area contributed by atoms with Gasteiger partial charge in [0.15, 0.2) is 0 Å². The third-order valence-electron chi connectivity index (χ3n) is 3.01. The second kappa shape index (κ2) is 7.02. The van der Waals surface area contributed by atoms with Gasteiger partial charge in [0.25, 0.3) is 0 Å². The van der Waals surface area contributed by atoms with Gasteiger partial charge in [-0.25, -0.2) is 0 Å². The molecule has 1 heterocycles. The van der Waals surface area contributed by atoms with E-state index in [1.807, 2.05) is 6.08 Å². The molecule has 1 atom stereocenters. The van der Waals surface area contributed by atoms with Gasteiger partial charge in [0.1, 0.15) is 0 Å². The molecule has 0 bridgehead atoms. The van der Waals surface area contributed by atoms with Crippen LogP contribution in [0.2, 0.25) is 0 Å². The molecular formula is C12H24N2. The van der Waals surface area contributed by atoms with Gasteiger partial charge < -0.3 is 10.2 Å². The molecule has 0 aromatic carbocycles. The van der Waals surface area contributed by atoms with Crippen molar-refractivity contribution >= 4 is 0 Å². The number of nitrogens with one attached hydrogen (secondary N) is 1. The fourth-order valence-electron chi connectivity index (χ4n) is 2.05. The lowest BCUT2D eigenvalue weighted by atomic mass is 9.99. The van der Waals surface area contributed by atoms with Crippen molar-refractivity contribution in [2.45, 2.75) is 25.7 Å². The summed E-state index contributed by atoms with van der Waals surface area (Å²) in [5, 5.41) is 3.51. The van der Waals surface area contributed by atoms with Crippen LogP contribution in [0.5, 0.6) is 0 Å². The maximum atomic E-state index is 3.76. The molecule has 0 aliphatic carbocycles. The Kier molecular flexibility index (Phi) is 5.88. The van der Waals surface area contributed by atoms with Gasteiger partial charge in [0.2, 0.25) is 0 Å². The van der Waals surface area contributed by atoms with Gasteiger partial charge in [-0.2, -0.15) is 0 Å². The van der Waals surface area contributed by atoms with Gasteiger partial charge in [-0.15, -0.1) is 6.58 Å². The number of hydrogen-bond acceptors (Lipinski definition) is 2. The summed E-state index contributed by atoms with van der Waals surface area (Å²) in [6.45, 7) is 8.42. The van der Waals surface area contributed by atoms with E-state index >= 15 is 0 Å². The summed E-state index contributed by atoms with van der Waals surface area (Å²) in [6, 6.07) is 0. The average molecular weight is 196 g/mol. The highest BCUT2D eigenvalue weighted by molar-refractivity contribution is 4.73. The SMILES string of the molecule is C=CCN(C)CCC1CCCCNC1. The molecule has 1 aliphatic heterocycles. The summed E-state index contributed by atoms with van der Waals surface area (Å²) < 4.78 is 0. The smallest absolute Gasteiger partial charge is 0.0157 e. The van der Waals surface area contributed by atoms with Crippen molar-refractivity contribution in [1.29, 1.82) is 0 Å². The Balaban J connectivity index is 2.12. The lowest BCUT2D eigenvalue weighted by Crippen LogP contribution is -2.26. The van der Waals surface area contributed by atoms with Crippen molar-refractivity contribution in [3.8, 4) is 0 Å². The van der Waals surface area contributed by atoms with Crippen LogP contribution in [-0.2, 0) is 0 Å². The Morgan fingerprint density at radius 2 is 2.36 bits per heavy atom. The van der Waals surface area contributed by atoms with E-state index in [1.165, 1.54) is 45.3 Å². The van der Waals surface area contributed by atoms with Gasteiger partial charge in [-0.3, -0.25) is 0 Å². The first-order chi connectivity index (χ1) is 6.83. The maximum absolute atomic E-state index is 3.76. The van der Waals surface area contributed by atoms with Gasteiger partial charge in [-0.1, -0.05) is 12.5 Å². The minimum Gasteiger partial charge on any atom is -0.316 e. The van der Waals surface area contributed by atoms with Crippen LogP contribution in [0.25, 0.3) is 0 Å². The maximum Gasteiger partial charge on any atom is 0.0157 e. The lowest BCUT2D eigenvalue weighted by Gasteiger charge is -2.19. The molecule has 1 N–H and O–H groups in total. The van der Waals surface area contributed by atoms with E-state index in [-0.39, 0.29) is 0 Å². The Morgan fingerprint density at radius 3 is 3.14 bits per heavy atom. The number of likely N-dealkylation sites (N-methyl/N-ethyl adjacent to an activating group) is 1. The number of hydrogen-bond donors (Lipinski definition) is 1. The first-order valence-corrected chi connectivity index (χ1v) is 5.83. The highest BCUT2D eigenvalue weighted by Crippen LogP contribution is 2.14. The summed E-state index contributed by atoms with van der Waals surface area (Å²) in [5.41, 5.74) is 0. The van der Waals surface area contributed by atoms with Gasteiger partial charge in [0.05, 0.1) is 0 Å². The lowest BCUT2D eigenvalue weighted by molar-refractivity contribution is 0.316. The highest BCUT2D eigenvalue weighted by Gasteiger charge is 2.11. The molecule has 0 amide bonds. The Bertz CT molecular complexity index is 148. The molecule has 2 nitrogen and oxygen atoms in total. The van der Waals surface area contributed by atoms with Crippen LogP contribution < -0.4 is 5.32 Å². The minimum atomic E-state index is 0.893. The standard InChI is InChI=1S/C12H24N2/c1-3-9-14(2)10-7-12-6-4-5-8-13-11-12/h3,12-13H,1,4-11H2,2H3. The summed E-state index contributed by atoms with van der Waals surface area (Å²) in [5.74, 6) is 0.893. The molecule has 0 aromatic heterocycles. The van der Waals surface area contributed by atoms with Crippen molar-refractivity contribution in [1.82, 2.24) is 10.2 Å². The molecule has 1 fully saturated rings. The van der Waals surface area contributed by atoms with Crippen molar-refractivity contribution in [2.75, 3.05) is 33.2 Å². The largest absolute Gasteiger partial charge is 0.316 e. The van der Waals surface area contributed by atoms with Crippen LogP contribution in [0.3, 0.4) is 0 Å². The van der Waals surface area contributed by atoms with Crippen LogP contribution in [0, 0.1) is 5.92 Å². The number of nitrogens with zero attached hydrogens (tertiary/aromatic N) is 1. The first-order valence-electron chi connectivity index (χ1n) is 5.83. The van der Waals surface area contributed by atoms with Crippen LogP contribution >= 0.6 is 0 Å². The molecule has 2 heteroatoms. The molecule has 14 heavy (non-hydrogen) atoms. The van der Waals surface area contributed by atoms with Crippen molar-refractivity contribution < 1.29 is 0 Å². The zero-order valence-electron chi connectivity index (χ0n) is 9.47. The first kappa shape index (κ1) is 11.7. The molecule has 82 valence electrons. The fraction of sp³-hybridized carbons (Fsp3) is 0.833. The predicted octanol–water partition coefficient (Wildman–Crippen LogP) is 1.88. The van der Waals surface area contributed by atoms with E-state index in [9.17, 15) is 0 Å². The van der Waals surface area contributed by atoms with Crippen LogP contribution in [0.4, 0.5) is 0 Å². The summed E-state index contributed by atoms with van der Waals surface area (Å²) >= 11 is 0. The second-order valence-corrected chi connectivity index (χ2v) is 4.41. The van der Waals surface area contributed by atoms with Crippen LogP contribution in [0.15, 0.2) is 12.7 Å². The zero-order chi connectivity index (χ0) is 10.2. The molecule has 0 spiro atoms. The molecule has 0 radical (unpaired) electrons. The molecule has 1 saturated heterocycles. The summed E-state index contributed by atoms with van der Waals surface area (Å²) in [7, 11) is 2.17. The second-order valence-electron chi connectivity index (χ2n) is 4.41. The predicted molar refractivity (Wildman–Crippen MR) is 62.5 cm³/mol. The van der Waals surface area contributed by atoms with Crippen LogP contribution in [0.1, 0.15) is 25.7 Å². The Labute approximate surface area is 88.4 Å².